The number of aliphatic hydroxyl groups is 5. The summed E-state index contributed by atoms with van der Waals surface area (Å²) in [6, 6.07) is 0. The third-order valence-electron chi connectivity index (χ3n) is 9.98. The van der Waals surface area contributed by atoms with Gasteiger partial charge in [0.2, 0.25) is 0 Å². The number of hydrogen-bond acceptors (Lipinski definition) is 9. The topological polar surface area (TPSA) is 154 Å². The van der Waals surface area contributed by atoms with Crippen molar-refractivity contribution in [2.24, 2.45) is 28.6 Å². The van der Waals surface area contributed by atoms with Crippen LogP contribution in [0.5, 0.6) is 0 Å². The van der Waals surface area contributed by atoms with E-state index in [2.05, 4.69) is 0 Å². The molecule has 1 heterocycles. The Hall–Kier alpha value is -1.36. The van der Waals surface area contributed by atoms with E-state index in [1.807, 2.05) is 0 Å². The summed E-state index contributed by atoms with van der Waals surface area (Å²) in [6.45, 7) is 11.7. The van der Waals surface area contributed by atoms with Crippen molar-refractivity contribution < 1.29 is 44.6 Å². The van der Waals surface area contributed by atoms with E-state index in [4.69, 9.17) is 9.47 Å². The van der Waals surface area contributed by atoms with Gasteiger partial charge in [-0.25, -0.2) is 4.79 Å². The van der Waals surface area contributed by atoms with E-state index < -0.39 is 76.1 Å². The zero-order valence-electron chi connectivity index (χ0n) is 21.6. The lowest BCUT2D eigenvalue weighted by atomic mass is 9.43. The Morgan fingerprint density at radius 3 is 2.29 bits per heavy atom. The minimum absolute atomic E-state index is 0.0435. The van der Waals surface area contributed by atoms with Gasteiger partial charge in [-0.2, -0.15) is 0 Å². The molecule has 10 atom stereocenters. The molecule has 2 bridgehead atoms. The monoisotopic (exact) mass is 496 g/mol. The Labute approximate surface area is 206 Å². The lowest BCUT2D eigenvalue weighted by Gasteiger charge is -2.67. The zero-order valence-corrected chi connectivity index (χ0v) is 21.6. The van der Waals surface area contributed by atoms with Crippen molar-refractivity contribution in [2.75, 3.05) is 6.61 Å². The SMILES string of the molecule is CC1=C2C(O)C(=O)[C@]3(C)C(O)CC4OCC4(O)C3C(C)C(O)(CC1OC(=O)C(O)C(C)C)C2(C)C. The summed E-state index contributed by atoms with van der Waals surface area (Å²) in [4.78, 5) is 26.6. The van der Waals surface area contributed by atoms with Gasteiger partial charge in [-0.05, 0) is 36.8 Å². The van der Waals surface area contributed by atoms with Gasteiger partial charge >= 0.3 is 5.97 Å². The van der Waals surface area contributed by atoms with Crippen LogP contribution in [0.2, 0.25) is 0 Å². The van der Waals surface area contributed by atoms with Crippen molar-refractivity contribution in [3.8, 4) is 0 Å². The highest BCUT2D eigenvalue weighted by Gasteiger charge is 2.74. The van der Waals surface area contributed by atoms with Crippen LogP contribution in [0.4, 0.5) is 0 Å². The Balaban J connectivity index is 1.90. The number of carbonyl (C=O) groups is 2. The average Bonchev–Trinajstić information content (AvgIpc) is 2.76. The van der Waals surface area contributed by atoms with E-state index in [-0.39, 0.29) is 30.9 Å². The summed E-state index contributed by atoms with van der Waals surface area (Å²) < 4.78 is 11.2. The molecule has 9 heteroatoms. The third kappa shape index (κ3) is 3.28. The smallest absolute Gasteiger partial charge is 0.335 e. The van der Waals surface area contributed by atoms with E-state index >= 15 is 0 Å². The van der Waals surface area contributed by atoms with Gasteiger partial charge < -0.3 is 35.0 Å². The molecule has 3 fully saturated rings. The summed E-state index contributed by atoms with van der Waals surface area (Å²) in [5, 5.41) is 56.9. The molecule has 2 saturated carbocycles. The first kappa shape index (κ1) is 26.7. The number of fused-ring (bicyclic) bond motifs is 5. The van der Waals surface area contributed by atoms with Crippen molar-refractivity contribution in [1.29, 1.82) is 0 Å². The fourth-order valence-electron chi connectivity index (χ4n) is 7.59. The molecule has 3 aliphatic carbocycles. The molecule has 1 saturated heterocycles. The second kappa shape index (κ2) is 8.07. The van der Waals surface area contributed by atoms with Crippen LogP contribution < -0.4 is 0 Å². The Morgan fingerprint density at radius 1 is 1.17 bits per heavy atom. The number of aliphatic hydroxyl groups excluding tert-OH is 3. The van der Waals surface area contributed by atoms with Crippen LogP contribution in [-0.4, -0.2) is 85.6 Å². The number of rotatable bonds is 3. The second-order valence-electron chi connectivity index (χ2n) is 12.3. The van der Waals surface area contributed by atoms with Crippen LogP contribution in [0.15, 0.2) is 11.1 Å². The summed E-state index contributed by atoms with van der Waals surface area (Å²) in [6.07, 6.45) is -5.94. The molecule has 198 valence electrons. The van der Waals surface area contributed by atoms with E-state index in [0.29, 0.717) is 5.57 Å². The lowest BCUT2D eigenvalue weighted by molar-refractivity contribution is -0.335. The predicted molar refractivity (Wildman–Crippen MR) is 124 cm³/mol. The van der Waals surface area contributed by atoms with Crippen LogP contribution in [0, 0.1) is 28.6 Å². The molecular weight excluding hydrogens is 456 g/mol. The van der Waals surface area contributed by atoms with Gasteiger partial charge in [0.05, 0.1) is 29.8 Å². The van der Waals surface area contributed by atoms with Crippen LogP contribution in [-0.2, 0) is 19.1 Å². The van der Waals surface area contributed by atoms with Gasteiger partial charge in [0.25, 0.3) is 0 Å². The van der Waals surface area contributed by atoms with E-state index in [1.165, 1.54) is 0 Å². The first-order chi connectivity index (χ1) is 16.0. The van der Waals surface area contributed by atoms with Gasteiger partial charge in [0.15, 0.2) is 11.9 Å². The van der Waals surface area contributed by atoms with Crippen LogP contribution in [0.3, 0.4) is 0 Å². The van der Waals surface area contributed by atoms with E-state index in [9.17, 15) is 35.1 Å². The summed E-state index contributed by atoms with van der Waals surface area (Å²) >= 11 is 0. The minimum Gasteiger partial charge on any atom is -0.456 e. The Bertz CT molecular complexity index is 956. The summed E-state index contributed by atoms with van der Waals surface area (Å²) in [7, 11) is 0. The normalized spacial score (nSPS) is 47.7. The third-order valence-corrected chi connectivity index (χ3v) is 9.98. The number of Topliss-reactive ketones (excluding diaryl/α,β-unsaturated/α-hetero) is 1. The van der Waals surface area contributed by atoms with Crippen LogP contribution >= 0.6 is 0 Å². The molecule has 5 N–H and O–H groups in total. The van der Waals surface area contributed by atoms with Crippen molar-refractivity contribution >= 4 is 11.8 Å². The molecule has 9 nitrogen and oxygen atoms in total. The highest BCUT2D eigenvalue weighted by Crippen LogP contribution is 2.64. The van der Waals surface area contributed by atoms with Crippen LogP contribution in [0.1, 0.15) is 61.3 Å². The second-order valence-corrected chi connectivity index (χ2v) is 12.3. The lowest BCUT2D eigenvalue weighted by Crippen LogP contribution is -2.78. The standard InChI is InChI=1S/C26H40O9/c1-11(2)18(28)22(31)35-14-9-26(33)13(4)20-24(7,15(27)8-16-25(20,32)10-34-16)21(30)19(29)17(12(14)3)23(26,5)6/h11,13-16,18-20,27-29,32-33H,8-10H2,1-7H3/t13?,14?,15?,16?,18?,19?,20?,24-,25?,26?/m1/s1. The fraction of sp³-hybridized carbons (Fsp3) is 0.846. The Morgan fingerprint density at radius 2 is 1.77 bits per heavy atom. The first-order valence-electron chi connectivity index (χ1n) is 12.5. The number of carbonyl (C=O) groups excluding carboxylic acids is 2. The highest BCUT2D eigenvalue weighted by atomic mass is 16.6. The molecule has 4 rings (SSSR count). The highest BCUT2D eigenvalue weighted by molar-refractivity contribution is 5.93. The molecule has 0 amide bonds. The van der Waals surface area contributed by atoms with Gasteiger partial charge in [-0.3, -0.25) is 4.79 Å². The summed E-state index contributed by atoms with van der Waals surface area (Å²) in [5.74, 6) is -3.56. The van der Waals surface area contributed by atoms with Crippen molar-refractivity contribution in [2.45, 2.75) is 103 Å². The van der Waals surface area contributed by atoms with Gasteiger partial charge in [0.1, 0.15) is 17.8 Å². The van der Waals surface area contributed by atoms with Gasteiger partial charge in [-0.15, -0.1) is 0 Å². The number of ether oxygens (including phenoxy) is 2. The quantitative estimate of drug-likeness (QED) is 0.277. The maximum absolute atomic E-state index is 14.0. The van der Waals surface area contributed by atoms with Gasteiger partial charge in [-0.1, -0.05) is 34.6 Å². The molecule has 35 heavy (non-hydrogen) atoms. The maximum atomic E-state index is 14.0. The molecule has 9 unspecified atom stereocenters. The molecular formula is C26H40O9. The molecule has 0 radical (unpaired) electrons. The minimum atomic E-state index is -1.69. The van der Waals surface area contributed by atoms with Crippen molar-refractivity contribution in [3.63, 3.8) is 0 Å². The molecule has 0 aromatic rings. The number of hydrogen-bond donors (Lipinski definition) is 5. The average molecular weight is 497 g/mol. The molecule has 1 aliphatic heterocycles. The number of esters is 1. The molecule has 0 aromatic carbocycles. The largest absolute Gasteiger partial charge is 0.456 e. The van der Waals surface area contributed by atoms with E-state index in [0.717, 1.165) is 0 Å². The zero-order chi connectivity index (χ0) is 26.5. The summed E-state index contributed by atoms with van der Waals surface area (Å²) in [5.41, 5.74) is -5.11. The number of ketones is 1. The van der Waals surface area contributed by atoms with E-state index in [1.54, 1.807) is 48.5 Å². The molecule has 4 aliphatic rings. The molecule has 0 aromatic heterocycles. The maximum Gasteiger partial charge on any atom is 0.335 e. The molecule has 0 spiro atoms. The van der Waals surface area contributed by atoms with Crippen molar-refractivity contribution in [3.05, 3.63) is 11.1 Å². The predicted octanol–water partition coefficient (Wildman–Crippen LogP) is 0.489. The Kier molecular flexibility index (Phi) is 6.15. The fourth-order valence-corrected chi connectivity index (χ4v) is 7.59. The van der Waals surface area contributed by atoms with Gasteiger partial charge in [0, 0.05) is 24.2 Å². The first-order valence-corrected chi connectivity index (χ1v) is 12.5. The van der Waals surface area contributed by atoms with Crippen molar-refractivity contribution in [1.82, 2.24) is 0 Å². The van der Waals surface area contributed by atoms with Crippen LogP contribution in [0.25, 0.3) is 0 Å².